The first-order valence-electron chi connectivity index (χ1n) is 12.7. The molecule has 5 rings (SSSR count). The Hall–Kier alpha value is -2.85. The normalized spacial score (nSPS) is 24.5. The molecule has 6 nitrogen and oxygen atoms in total. The largest absolute Gasteiger partial charge is 0.381 e. The molecule has 3 fully saturated rings. The second-order valence-corrected chi connectivity index (χ2v) is 10.3. The van der Waals surface area contributed by atoms with Gasteiger partial charge in [-0.05, 0) is 44.4 Å². The third kappa shape index (κ3) is 5.13. The first-order valence-corrected chi connectivity index (χ1v) is 12.7. The quantitative estimate of drug-likeness (QED) is 0.523. The molecule has 2 N–H and O–H groups in total. The van der Waals surface area contributed by atoms with Gasteiger partial charge in [0.25, 0.3) is 12.3 Å². The summed E-state index contributed by atoms with van der Waals surface area (Å²) in [7, 11) is 2.08. The second kappa shape index (κ2) is 10.5. The highest BCUT2D eigenvalue weighted by Gasteiger charge is 2.46. The predicted molar refractivity (Wildman–Crippen MR) is 133 cm³/mol. The first kappa shape index (κ1) is 25.8. The number of morpholine rings is 1. The van der Waals surface area contributed by atoms with Crippen LogP contribution in [0.1, 0.15) is 47.3 Å². The van der Waals surface area contributed by atoms with Crippen LogP contribution in [-0.4, -0.2) is 63.3 Å². The molecule has 3 atom stereocenters. The summed E-state index contributed by atoms with van der Waals surface area (Å²) in [6.45, 7) is 5.30. The topological polar surface area (TPSA) is 56.8 Å². The predicted octanol–water partition coefficient (Wildman–Crippen LogP) is 4.59. The Kier molecular flexibility index (Phi) is 7.31. The highest BCUT2D eigenvalue weighted by atomic mass is 19.3. The number of nitrogens with one attached hydrogen (secondary N) is 2. The van der Waals surface area contributed by atoms with Crippen molar-refractivity contribution in [2.45, 2.75) is 31.9 Å². The number of hydrogen-bond donors (Lipinski definition) is 2. The van der Waals surface area contributed by atoms with Crippen molar-refractivity contribution in [2.24, 2.45) is 11.8 Å². The lowest BCUT2D eigenvalue weighted by atomic mass is 9.66. The van der Waals surface area contributed by atoms with Crippen molar-refractivity contribution in [1.82, 2.24) is 10.2 Å². The first-order chi connectivity index (χ1) is 17.7. The van der Waals surface area contributed by atoms with E-state index in [4.69, 9.17) is 4.74 Å². The zero-order valence-corrected chi connectivity index (χ0v) is 20.9. The monoisotopic (exact) mass is 520 g/mol. The van der Waals surface area contributed by atoms with Crippen LogP contribution in [0.5, 0.6) is 0 Å². The Morgan fingerprint density at radius 3 is 2.43 bits per heavy atom. The smallest absolute Gasteiger partial charge is 0.266 e. The van der Waals surface area contributed by atoms with Crippen LogP contribution in [0.25, 0.3) is 0 Å². The number of carbonyl (C=O) groups is 1. The number of nitrogens with zero attached hydrogens (tertiary/aromatic N) is 2. The molecule has 200 valence electrons. The Balaban J connectivity index is 1.44. The number of fused-ring (bicyclic) bond motifs is 2. The zero-order chi connectivity index (χ0) is 26.3. The maximum absolute atomic E-state index is 15.3. The van der Waals surface area contributed by atoms with E-state index < -0.39 is 35.6 Å². The Morgan fingerprint density at radius 1 is 1.08 bits per heavy atom. The van der Waals surface area contributed by atoms with Crippen molar-refractivity contribution in [3.63, 3.8) is 0 Å². The fourth-order valence-electron chi connectivity index (χ4n) is 5.88. The number of piperidine rings is 2. The molecule has 1 saturated carbocycles. The minimum Gasteiger partial charge on any atom is -0.381 e. The molecule has 3 aliphatic rings. The molecule has 10 heteroatoms. The molecular formula is C27H32F4N4O2. The third-order valence-corrected chi connectivity index (χ3v) is 7.83. The molecule has 37 heavy (non-hydrogen) atoms. The fourth-order valence-corrected chi connectivity index (χ4v) is 5.88. The van der Waals surface area contributed by atoms with E-state index >= 15 is 4.39 Å². The van der Waals surface area contributed by atoms with E-state index in [1.807, 2.05) is 4.90 Å². The summed E-state index contributed by atoms with van der Waals surface area (Å²) in [5, 5.41) is 6.16. The number of hydrogen-bond acceptors (Lipinski definition) is 5. The van der Waals surface area contributed by atoms with E-state index in [1.165, 1.54) is 31.2 Å². The highest BCUT2D eigenvalue weighted by Crippen LogP contribution is 2.42. The van der Waals surface area contributed by atoms with Crippen molar-refractivity contribution < 1.29 is 27.1 Å². The van der Waals surface area contributed by atoms with E-state index in [9.17, 15) is 18.0 Å². The fraction of sp³-hybridized carbons (Fsp3) is 0.519. The van der Waals surface area contributed by atoms with Crippen LogP contribution in [0.2, 0.25) is 0 Å². The molecule has 0 aromatic heterocycles. The average molecular weight is 521 g/mol. The molecule has 2 aromatic carbocycles. The summed E-state index contributed by atoms with van der Waals surface area (Å²) in [6.07, 6.45) is -1.87. The lowest BCUT2D eigenvalue weighted by Gasteiger charge is -2.53. The summed E-state index contributed by atoms with van der Waals surface area (Å²) in [5.41, 5.74) is 0.168. The molecule has 2 aromatic rings. The second-order valence-electron chi connectivity index (χ2n) is 10.3. The molecule has 2 heterocycles. The van der Waals surface area contributed by atoms with Crippen LogP contribution < -0.4 is 15.5 Å². The standard InChI is InChI=1S/C27H32F4N4O2/c1-15(18-4-3-5-19(24(18)29)26(30)31)32-27(36)20-11-23(35-6-8-37-9-7-35)21(28)12-22(20)33-25-16-10-17(25)14-34(2)13-16/h3-5,11-12,15-17,25-26,33H,6-10,13-14H2,1-2H3,(H,32,36)/t15-,16?,17?,25?/m1/s1. The van der Waals surface area contributed by atoms with Crippen molar-refractivity contribution in [1.29, 1.82) is 0 Å². The van der Waals surface area contributed by atoms with Gasteiger partial charge in [0.05, 0.1) is 41.8 Å². The Morgan fingerprint density at radius 2 is 1.76 bits per heavy atom. The van der Waals surface area contributed by atoms with Gasteiger partial charge in [0.1, 0.15) is 11.6 Å². The van der Waals surface area contributed by atoms with Gasteiger partial charge in [-0.15, -0.1) is 0 Å². The molecule has 1 aliphatic carbocycles. The number of anilines is 2. The maximum Gasteiger partial charge on any atom is 0.266 e. The minimum absolute atomic E-state index is 0.0345. The van der Waals surface area contributed by atoms with Crippen molar-refractivity contribution in [2.75, 3.05) is 56.7 Å². The molecule has 0 radical (unpaired) electrons. The van der Waals surface area contributed by atoms with E-state index in [0.717, 1.165) is 25.6 Å². The van der Waals surface area contributed by atoms with Gasteiger partial charge in [0, 0.05) is 37.8 Å². The van der Waals surface area contributed by atoms with Crippen LogP contribution in [0.3, 0.4) is 0 Å². The number of alkyl halides is 2. The van der Waals surface area contributed by atoms with E-state index in [1.54, 1.807) is 0 Å². The van der Waals surface area contributed by atoms with Crippen molar-refractivity contribution in [3.8, 4) is 0 Å². The summed E-state index contributed by atoms with van der Waals surface area (Å²) < 4.78 is 61.8. The maximum atomic E-state index is 15.3. The van der Waals surface area contributed by atoms with Gasteiger partial charge in [0.2, 0.25) is 0 Å². The zero-order valence-electron chi connectivity index (χ0n) is 20.9. The van der Waals surface area contributed by atoms with Gasteiger partial charge in [0.15, 0.2) is 0 Å². The molecule has 2 aliphatic heterocycles. The number of halogens is 4. The number of amides is 1. The van der Waals surface area contributed by atoms with Crippen LogP contribution in [0, 0.1) is 23.5 Å². The lowest BCUT2D eigenvalue weighted by Crippen LogP contribution is -2.60. The number of ether oxygens (including phenoxy) is 1. The number of carbonyl (C=O) groups excluding carboxylic acids is 1. The molecular weight excluding hydrogens is 488 g/mol. The van der Waals surface area contributed by atoms with Crippen LogP contribution >= 0.6 is 0 Å². The summed E-state index contributed by atoms with van der Waals surface area (Å²) in [4.78, 5) is 17.6. The third-order valence-electron chi connectivity index (χ3n) is 7.83. The van der Waals surface area contributed by atoms with Crippen LogP contribution in [-0.2, 0) is 4.74 Å². The number of rotatable bonds is 7. The van der Waals surface area contributed by atoms with Gasteiger partial charge in [-0.25, -0.2) is 17.6 Å². The molecule has 2 saturated heterocycles. The summed E-state index contributed by atoms with van der Waals surface area (Å²) in [6, 6.07) is 5.89. The van der Waals surface area contributed by atoms with E-state index in [2.05, 4.69) is 22.6 Å². The van der Waals surface area contributed by atoms with Crippen molar-refractivity contribution >= 4 is 17.3 Å². The average Bonchev–Trinajstić information content (AvgIpc) is 2.87. The van der Waals surface area contributed by atoms with Gasteiger partial charge in [-0.1, -0.05) is 18.2 Å². The molecule has 1 amide bonds. The van der Waals surface area contributed by atoms with Gasteiger partial charge in [-0.3, -0.25) is 4.79 Å². The SMILES string of the molecule is C[C@@H](NC(=O)c1cc(N2CCOCC2)c(F)cc1NC1C2CC1CN(C)C2)c1cccc(C(F)F)c1F. The molecule has 2 bridgehead atoms. The highest BCUT2D eigenvalue weighted by molar-refractivity contribution is 6.01. The van der Waals surface area contributed by atoms with Crippen molar-refractivity contribution in [3.05, 3.63) is 58.7 Å². The van der Waals surface area contributed by atoms with Gasteiger partial charge < -0.3 is 25.2 Å². The molecule has 0 spiro atoms. The minimum atomic E-state index is -2.96. The lowest BCUT2D eigenvalue weighted by molar-refractivity contribution is 0.0270. The van der Waals surface area contributed by atoms with Gasteiger partial charge >= 0.3 is 0 Å². The Bertz CT molecular complexity index is 1150. The Labute approximate surface area is 214 Å². The number of benzene rings is 2. The van der Waals surface area contributed by atoms with Gasteiger partial charge in [-0.2, -0.15) is 0 Å². The summed E-state index contributed by atoms with van der Waals surface area (Å²) >= 11 is 0. The number of likely N-dealkylation sites (tertiary alicyclic amines) is 1. The van der Waals surface area contributed by atoms with Crippen LogP contribution in [0.4, 0.5) is 28.9 Å². The summed E-state index contributed by atoms with van der Waals surface area (Å²) in [5.74, 6) is -1.19. The van der Waals surface area contributed by atoms with E-state index in [-0.39, 0.29) is 17.2 Å². The van der Waals surface area contributed by atoms with E-state index in [0.29, 0.717) is 49.5 Å². The molecule has 2 unspecified atom stereocenters. The van der Waals surface area contributed by atoms with Crippen LogP contribution in [0.15, 0.2) is 30.3 Å².